The van der Waals surface area contributed by atoms with Gasteiger partial charge in [0.25, 0.3) is 6.43 Å². The molecular formula is C19H24ClF2N3O5. The smallest absolute Gasteiger partial charge is 0.306 e. The van der Waals surface area contributed by atoms with Crippen LogP contribution in [0.3, 0.4) is 0 Å². The molecule has 2 fully saturated rings. The highest BCUT2D eigenvalue weighted by molar-refractivity contribution is 6.01. The molecule has 1 aromatic carbocycles. The van der Waals surface area contributed by atoms with E-state index in [1.807, 2.05) is 0 Å². The molecule has 1 unspecified atom stereocenters. The number of halogens is 3. The number of hydrogen-bond acceptors (Lipinski definition) is 6. The molecule has 8 nitrogen and oxygen atoms in total. The predicted octanol–water partition coefficient (Wildman–Crippen LogP) is 2.07. The molecule has 0 spiro atoms. The molecule has 4 N–H and O–H groups in total. The minimum Gasteiger partial charge on any atom is -0.481 e. The second-order valence-corrected chi connectivity index (χ2v) is 7.50. The van der Waals surface area contributed by atoms with E-state index in [-0.39, 0.29) is 69.1 Å². The molecule has 0 radical (unpaired) electrons. The van der Waals surface area contributed by atoms with E-state index in [1.54, 1.807) is 11.0 Å². The van der Waals surface area contributed by atoms with E-state index in [9.17, 15) is 28.3 Å². The highest BCUT2D eigenvalue weighted by Crippen LogP contribution is 2.36. The van der Waals surface area contributed by atoms with Gasteiger partial charge in [-0.15, -0.1) is 12.4 Å². The van der Waals surface area contributed by atoms with Gasteiger partial charge < -0.3 is 20.4 Å². The highest BCUT2D eigenvalue weighted by atomic mass is 35.5. The van der Waals surface area contributed by atoms with Crippen molar-refractivity contribution in [3.8, 4) is 0 Å². The Hall–Kier alpha value is -2.46. The molecule has 0 aliphatic carbocycles. The molecule has 2 amide bonds. The number of hydrogen-bond donors (Lipinski definition) is 4. The molecule has 166 valence electrons. The van der Waals surface area contributed by atoms with Crippen LogP contribution < -0.4 is 15.5 Å². The van der Waals surface area contributed by atoms with Gasteiger partial charge in [-0.3, -0.25) is 19.7 Å². The number of carbonyl (C=O) groups excluding carboxylic acids is 2. The molecule has 1 aromatic rings. The van der Waals surface area contributed by atoms with Crippen LogP contribution in [0.4, 0.5) is 20.2 Å². The summed E-state index contributed by atoms with van der Waals surface area (Å²) in [6.45, 7) is 0.507. The SMILES string of the molecule is Cl.O=C(O)CC1(O)CCN(c2ccc(NC3CCC(=O)NC3=O)cc2C(F)F)CC1. The van der Waals surface area contributed by atoms with Gasteiger partial charge in [-0.05, 0) is 37.5 Å². The van der Waals surface area contributed by atoms with E-state index in [2.05, 4.69) is 10.6 Å². The summed E-state index contributed by atoms with van der Waals surface area (Å²) in [6.07, 6.45) is -2.34. The number of carboxylic acid groups (broad SMARTS) is 1. The normalized spacial score (nSPS) is 21.1. The van der Waals surface area contributed by atoms with E-state index in [4.69, 9.17) is 5.11 Å². The summed E-state index contributed by atoms with van der Waals surface area (Å²) in [5, 5.41) is 24.3. The number of anilines is 2. The summed E-state index contributed by atoms with van der Waals surface area (Å²) in [7, 11) is 0. The largest absolute Gasteiger partial charge is 0.481 e. The zero-order valence-corrected chi connectivity index (χ0v) is 16.9. The van der Waals surface area contributed by atoms with Gasteiger partial charge in [0.1, 0.15) is 6.04 Å². The maximum absolute atomic E-state index is 13.7. The fraction of sp³-hybridized carbons (Fsp3) is 0.526. The number of imide groups is 1. The second kappa shape index (κ2) is 9.57. The summed E-state index contributed by atoms with van der Waals surface area (Å²) in [5.74, 6) is -1.94. The molecule has 0 aromatic heterocycles. The average molecular weight is 448 g/mol. The van der Waals surface area contributed by atoms with Gasteiger partial charge in [0.15, 0.2) is 0 Å². The van der Waals surface area contributed by atoms with Crippen LogP contribution in [-0.2, 0) is 14.4 Å². The minimum absolute atomic E-state index is 0. The molecule has 2 saturated heterocycles. The summed E-state index contributed by atoms with van der Waals surface area (Å²) in [6, 6.07) is 3.72. The number of nitrogens with zero attached hydrogens (tertiary/aromatic N) is 1. The lowest BCUT2D eigenvalue weighted by atomic mass is 9.88. The van der Waals surface area contributed by atoms with Crippen molar-refractivity contribution < 1.29 is 33.4 Å². The Kier molecular flexibility index (Phi) is 7.59. The summed E-state index contributed by atoms with van der Waals surface area (Å²) in [5.41, 5.74) is -0.893. The quantitative estimate of drug-likeness (QED) is 0.493. The molecule has 2 aliphatic heterocycles. The zero-order chi connectivity index (χ0) is 21.2. The molecular weight excluding hydrogens is 424 g/mol. The number of carbonyl (C=O) groups is 3. The molecule has 0 bridgehead atoms. The molecule has 0 saturated carbocycles. The van der Waals surface area contributed by atoms with Crippen molar-refractivity contribution in [2.75, 3.05) is 23.3 Å². The molecule has 11 heteroatoms. The van der Waals surface area contributed by atoms with Gasteiger partial charge in [-0.1, -0.05) is 0 Å². The standard InChI is InChI=1S/C19H23F2N3O5.ClH/c20-17(21)12-9-11(22-13-2-4-15(25)23-18(13)28)1-3-14(12)24-7-5-19(29,6-8-24)10-16(26)27;/h1,3,9,13,17,22,29H,2,4-8,10H2,(H,26,27)(H,23,25,28);1H. The lowest BCUT2D eigenvalue weighted by Crippen LogP contribution is -2.47. The third-order valence-corrected chi connectivity index (χ3v) is 5.36. The Balaban J connectivity index is 0.00000320. The van der Waals surface area contributed by atoms with Gasteiger partial charge >= 0.3 is 5.97 Å². The first-order valence-corrected chi connectivity index (χ1v) is 9.38. The Morgan fingerprint density at radius 1 is 1.30 bits per heavy atom. The van der Waals surface area contributed by atoms with Gasteiger partial charge in [-0.25, -0.2) is 8.78 Å². The number of carboxylic acids is 1. The lowest BCUT2D eigenvalue weighted by molar-refractivity contribution is -0.143. The second-order valence-electron chi connectivity index (χ2n) is 7.50. The molecule has 3 rings (SSSR count). The van der Waals surface area contributed by atoms with Crippen molar-refractivity contribution in [2.45, 2.75) is 50.2 Å². The van der Waals surface area contributed by atoms with E-state index >= 15 is 0 Å². The summed E-state index contributed by atoms with van der Waals surface area (Å²) in [4.78, 5) is 35.7. The van der Waals surface area contributed by atoms with Crippen LogP contribution in [0.1, 0.15) is 44.1 Å². The Bertz CT molecular complexity index is 815. The topological polar surface area (TPSA) is 119 Å². The number of aliphatic hydroxyl groups is 1. The van der Waals surface area contributed by atoms with E-state index < -0.39 is 29.9 Å². The Morgan fingerprint density at radius 3 is 2.53 bits per heavy atom. The van der Waals surface area contributed by atoms with Gasteiger partial charge in [0.05, 0.1) is 12.0 Å². The fourth-order valence-corrected chi connectivity index (χ4v) is 3.76. The van der Waals surface area contributed by atoms with Crippen molar-refractivity contribution in [1.29, 1.82) is 0 Å². The molecule has 2 heterocycles. The van der Waals surface area contributed by atoms with Gasteiger partial charge in [-0.2, -0.15) is 0 Å². The maximum Gasteiger partial charge on any atom is 0.306 e. The third-order valence-electron chi connectivity index (χ3n) is 5.36. The molecule has 1 atom stereocenters. The number of nitrogens with one attached hydrogen (secondary N) is 2. The number of benzene rings is 1. The monoisotopic (exact) mass is 447 g/mol. The molecule has 30 heavy (non-hydrogen) atoms. The van der Waals surface area contributed by atoms with Crippen molar-refractivity contribution in [1.82, 2.24) is 5.32 Å². The highest BCUT2D eigenvalue weighted by Gasteiger charge is 2.35. The number of amides is 2. The maximum atomic E-state index is 13.7. The zero-order valence-electron chi connectivity index (χ0n) is 16.1. The van der Waals surface area contributed by atoms with Gasteiger partial charge in [0, 0.05) is 36.4 Å². The van der Waals surface area contributed by atoms with Crippen LogP contribution in [0.2, 0.25) is 0 Å². The van der Waals surface area contributed by atoms with Crippen molar-refractivity contribution >= 4 is 41.6 Å². The van der Waals surface area contributed by atoms with Crippen LogP contribution in [0.25, 0.3) is 0 Å². The predicted molar refractivity (Wildman–Crippen MR) is 107 cm³/mol. The Morgan fingerprint density at radius 2 is 1.97 bits per heavy atom. The van der Waals surface area contributed by atoms with Gasteiger partial charge in [0.2, 0.25) is 11.8 Å². The average Bonchev–Trinajstić information content (AvgIpc) is 2.64. The fourth-order valence-electron chi connectivity index (χ4n) is 3.76. The first-order valence-electron chi connectivity index (χ1n) is 9.38. The van der Waals surface area contributed by atoms with Crippen LogP contribution in [0, 0.1) is 0 Å². The van der Waals surface area contributed by atoms with E-state index in [1.165, 1.54) is 12.1 Å². The van der Waals surface area contributed by atoms with Crippen LogP contribution in [0.15, 0.2) is 18.2 Å². The van der Waals surface area contributed by atoms with Crippen LogP contribution in [-0.4, -0.2) is 52.7 Å². The van der Waals surface area contributed by atoms with Crippen molar-refractivity contribution in [3.63, 3.8) is 0 Å². The minimum atomic E-state index is -2.76. The van der Waals surface area contributed by atoms with Crippen molar-refractivity contribution in [3.05, 3.63) is 23.8 Å². The number of alkyl halides is 2. The number of piperidine rings is 2. The summed E-state index contributed by atoms with van der Waals surface area (Å²) < 4.78 is 27.4. The van der Waals surface area contributed by atoms with Crippen molar-refractivity contribution in [2.24, 2.45) is 0 Å². The van der Waals surface area contributed by atoms with E-state index in [0.717, 1.165) is 0 Å². The van der Waals surface area contributed by atoms with Crippen LogP contribution in [0.5, 0.6) is 0 Å². The first kappa shape index (κ1) is 23.8. The molecule has 2 aliphatic rings. The summed E-state index contributed by atoms with van der Waals surface area (Å²) >= 11 is 0. The third kappa shape index (κ3) is 5.57. The number of aliphatic carboxylic acids is 1. The van der Waals surface area contributed by atoms with E-state index in [0.29, 0.717) is 11.4 Å². The first-order chi connectivity index (χ1) is 13.7. The lowest BCUT2D eigenvalue weighted by Gasteiger charge is -2.39. The van der Waals surface area contributed by atoms with Crippen LogP contribution >= 0.6 is 12.4 Å². The number of rotatable bonds is 6. The Labute approximate surface area is 178 Å².